The molecule has 0 saturated carbocycles. The minimum atomic E-state index is -1.13. The third kappa shape index (κ3) is 3.43. The molecule has 0 amide bonds. The van der Waals surface area contributed by atoms with E-state index in [1.54, 1.807) is 13.8 Å². The first-order valence-electron chi connectivity index (χ1n) is 7.83. The summed E-state index contributed by atoms with van der Waals surface area (Å²) in [6, 6.07) is 3.26. The van der Waals surface area contributed by atoms with Crippen LogP contribution in [0, 0.1) is 0 Å². The first-order valence-corrected chi connectivity index (χ1v) is 8.71. The van der Waals surface area contributed by atoms with Crippen LogP contribution in [0.2, 0.25) is 0 Å². The van der Waals surface area contributed by atoms with Crippen LogP contribution in [0.25, 0.3) is 0 Å². The number of carboxylic acids is 2. The fourth-order valence-electron chi connectivity index (χ4n) is 2.63. The SMILES string of the molecule is CCc1csc(Oc2c(C(=O)O)cc(CC)c(C(=O)O)c2CC)c1. The van der Waals surface area contributed by atoms with Crippen molar-refractivity contribution in [2.75, 3.05) is 0 Å². The number of carboxylic acid groups (broad SMARTS) is 2. The number of thiophene rings is 1. The van der Waals surface area contributed by atoms with Gasteiger partial charge < -0.3 is 14.9 Å². The lowest BCUT2D eigenvalue weighted by molar-refractivity contribution is 0.0676. The highest BCUT2D eigenvalue weighted by Gasteiger charge is 2.25. The highest BCUT2D eigenvalue weighted by Crippen LogP contribution is 2.37. The zero-order valence-electron chi connectivity index (χ0n) is 13.9. The summed E-state index contributed by atoms with van der Waals surface area (Å²) in [5, 5.41) is 21.6. The molecule has 5 nitrogen and oxygen atoms in total. The lowest BCUT2D eigenvalue weighted by atomic mass is 9.93. The van der Waals surface area contributed by atoms with E-state index in [9.17, 15) is 19.8 Å². The molecule has 0 aliphatic carbocycles. The minimum Gasteiger partial charge on any atom is -0.478 e. The summed E-state index contributed by atoms with van der Waals surface area (Å²) in [6.45, 7) is 5.62. The fourth-order valence-corrected chi connectivity index (χ4v) is 3.49. The molecule has 128 valence electrons. The van der Waals surface area contributed by atoms with Crippen molar-refractivity contribution in [3.63, 3.8) is 0 Å². The van der Waals surface area contributed by atoms with Gasteiger partial charge >= 0.3 is 11.9 Å². The third-order valence-electron chi connectivity index (χ3n) is 3.88. The number of benzene rings is 1. The fraction of sp³-hybridized carbons (Fsp3) is 0.333. The second-order valence-electron chi connectivity index (χ2n) is 5.31. The largest absolute Gasteiger partial charge is 0.478 e. The van der Waals surface area contributed by atoms with Crippen molar-refractivity contribution < 1.29 is 24.5 Å². The van der Waals surface area contributed by atoms with Crippen molar-refractivity contribution in [3.05, 3.63) is 45.3 Å². The Morgan fingerprint density at radius 1 is 1.04 bits per heavy atom. The van der Waals surface area contributed by atoms with Crippen molar-refractivity contribution in [1.29, 1.82) is 0 Å². The maximum absolute atomic E-state index is 11.7. The second kappa shape index (κ2) is 7.49. The summed E-state index contributed by atoms with van der Waals surface area (Å²) >= 11 is 1.37. The molecule has 0 atom stereocenters. The highest BCUT2D eigenvalue weighted by atomic mass is 32.1. The quantitative estimate of drug-likeness (QED) is 0.762. The van der Waals surface area contributed by atoms with E-state index < -0.39 is 11.9 Å². The molecule has 6 heteroatoms. The van der Waals surface area contributed by atoms with Gasteiger partial charge in [0, 0.05) is 5.56 Å². The Balaban J connectivity index is 2.68. The first kappa shape index (κ1) is 18.0. The highest BCUT2D eigenvalue weighted by molar-refractivity contribution is 7.12. The van der Waals surface area contributed by atoms with Gasteiger partial charge in [0.1, 0.15) is 11.3 Å². The first-order chi connectivity index (χ1) is 11.4. The van der Waals surface area contributed by atoms with E-state index in [-0.39, 0.29) is 16.9 Å². The number of rotatable bonds is 7. The molecular formula is C18H20O5S. The average molecular weight is 348 g/mol. The molecule has 0 fully saturated rings. The molecular weight excluding hydrogens is 328 g/mol. The van der Waals surface area contributed by atoms with Gasteiger partial charge in [0.25, 0.3) is 0 Å². The van der Waals surface area contributed by atoms with Crippen LogP contribution in [-0.2, 0) is 19.3 Å². The number of aryl methyl sites for hydroxylation is 2. The monoisotopic (exact) mass is 348 g/mol. The van der Waals surface area contributed by atoms with Crippen molar-refractivity contribution in [3.8, 4) is 10.8 Å². The molecule has 0 radical (unpaired) electrons. The molecule has 1 heterocycles. The Morgan fingerprint density at radius 2 is 1.75 bits per heavy atom. The Morgan fingerprint density at radius 3 is 2.21 bits per heavy atom. The molecule has 0 aliphatic rings. The lowest BCUT2D eigenvalue weighted by Gasteiger charge is -2.17. The number of hydrogen-bond donors (Lipinski definition) is 2. The zero-order valence-corrected chi connectivity index (χ0v) is 14.7. The predicted octanol–water partition coefficient (Wildman–Crippen LogP) is 4.62. The van der Waals surface area contributed by atoms with Crippen molar-refractivity contribution in [1.82, 2.24) is 0 Å². The van der Waals surface area contributed by atoms with Crippen molar-refractivity contribution in [2.24, 2.45) is 0 Å². The van der Waals surface area contributed by atoms with E-state index in [1.165, 1.54) is 17.4 Å². The summed E-state index contributed by atoms with van der Waals surface area (Å²) < 4.78 is 5.84. The molecule has 0 aliphatic heterocycles. The normalized spacial score (nSPS) is 10.6. The van der Waals surface area contributed by atoms with E-state index in [1.807, 2.05) is 18.4 Å². The van der Waals surface area contributed by atoms with Gasteiger partial charge in [-0.25, -0.2) is 9.59 Å². The van der Waals surface area contributed by atoms with Crippen LogP contribution < -0.4 is 4.74 Å². The molecule has 0 spiro atoms. The molecule has 1 aromatic carbocycles. The Kier molecular flexibility index (Phi) is 5.62. The topological polar surface area (TPSA) is 83.8 Å². The van der Waals surface area contributed by atoms with Crippen LogP contribution in [-0.4, -0.2) is 22.2 Å². The molecule has 2 aromatic rings. The maximum Gasteiger partial charge on any atom is 0.339 e. The van der Waals surface area contributed by atoms with Gasteiger partial charge in [-0.1, -0.05) is 20.8 Å². The summed E-state index contributed by atoms with van der Waals surface area (Å²) in [6.07, 6.45) is 1.66. The summed E-state index contributed by atoms with van der Waals surface area (Å²) in [7, 11) is 0. The molecule has 0 bridgehead atoms. The molecule has 1 aromatic heterocycles. The number of hydrogen-bond acceptors (Lipinski definition) is 4. The zero-order chi connectivity index (χ0) is 17.9. The van der Waals surface area contributed by atoms with Gasteiger partial charge in [-0.3, -0.25) is 0 Å². The van der Waals surface area contributed by atoms with Crippen LogP contribution in [0.1, 0.15) is 58.2 Å². The molecule has 24 heavy (non-hydrogen) atoms. The summed E-state index contributed by atoms with van der Waals surface area (Å²) in [5.74, 6) is -2.06. The second-order valence-corrected chi connectivity index (χ2v) is 6.19. The van der Waals surface area contributed by atoms with Gasteiger partial charge in [0.05, 0.1) is 5.56 Å². The third-order valence-corrected chi connectivity index (χ3v) is 4.73. The molecule has 2 rings (SSSR count). The van der Waals surface area contributed by atoms with Gasteiger partial charge in [-0.15, -0.1) is 11.3 Å². The van der Waals surface area contributed by atoms with E-state index in [2.05, 4.69) is 0 Å². The number of carbonyl (C=O) groups is 2. The van der Waals surface area contributed by atoms with Gasteiger partial charge in [-0.2, -0.15) is 0 Å². The predicted molar refractivity (Wildman–Crippen MR) is 92.9 cm³/mol. The average Bonchev–Trinajstić information content (AvgIpc) is 3.01. The van der Waals surface area contributed by atoms with Crippen LogP contribution in [0.3, 0.4) is 0 Å². The van der Waals surface area contributed by atoms with Crippen LogP contribution in [0.4, 0.5) is 0 Å². The van der Waals surface area contributed by atoms with Crippen LogP contribution in [0.5, 0.6) is 10.8 Å². The van der Waals surface area contributed by atoms with E-state index in [0.717, 1.165) is 12.0 Å². The Bertz CT molecular complexity index is 776. The smallest absolute Gasteiger partial charge is 0.339 e. The lowest BCUT2D eigenvalue weighted by Crippen LogP contribution is -2.12. The Hall–Kier alpha value is -2.34. The van der Waals surface area contributed by atoms with Crippen molar-refractivity contribution >= 4 is 23.3 Å². The standard InChI is InChI=1S/C18H20O5S/c1-4-10-7-14(24-9-10)23-16-12(6-3)15(18(21)22)11(5-2)8-13(16)17(19)20/h7-9H,4-6H2,1-3H3,(H,19,20)(H,21,22). The van der Waals surface area contributed by atoms with Gasteiger partial charge in [-0.05, 0) is 47.9 Å². The molecule has 0 saturated heterocycles. The minimum absolute atomic E-state index is 0.000137. The van der Waals surface area contributed by atoms with E-state index >= 15 is 0 Å². The van der Waals surface area contributed by atoms with Gasteiger partial charge in [0.15, 0.2) is 5.06 Å². The van der Waals surface area contributed by atoms with Crippen LogP contribution >= 0.6 is 11.3 Å². The van der Waals surface area contributed by atoms with E-state index in [4.69, 9.17) is 4.74 Å². The summed E-state index contributed by atoms with van der Waals surface area (Å²) in [4.78, 5) is 23.4. The Labute approximate surface area is 144 Å². The van der Waals surface area contributed by atoms with Crippen molar-refractivity contribution in [2.45, 2.75) is 40.0 Å². The van der Waals surface area contributed by atoms with Gasteiger partial charge in [0.2, 0.25) is 0 Å². The number of aromatic carboxylic acids is 2. The van der Waals surface area contributed by atoms with Crippen LogP contribution in [0.15, 0.2) is 17.5 Å². The number of ether oxygens (including phenoxy) is 1. The maximum atomic E-state index is 11.7. The summed E-state index contributed by atoms with van der Waals surface area (Å²) in [5.41, 5.74) is 2.16. The van der Waals surface area contributed by atoms with E-state index in [0.29, 0.717) is 29.0 Å². The molecule has 2 N–H and O–H groups in total. The molecule has 0 unspecified atom stereocenters.